The molecule has 0 aromatic rings. The maximum atomic E-state index is 11.1. The molecule has 2 atom stereocenters. The second kappa shape index (κ2) is 2.58. The number of carbonyl (C=O) groups excluding carboxylic acids is 1. The van der Waals surface area contributed by atoms with Gasteiger partial charge in [0, 0.05) is 4.91 Å². The van der Waals surface area contributed by atoms with Crippen molar-refractivity contribution in [1.82, 2.24) is 4.90 Å². The van der Waals surface area contributed by atoms with E-state index in [-0.39, 0.29) is 11.3 Å². The number of hydrogen-bond donors (Lipinski definition) is 0. The molecule has 7 nitrogen and oxygen atoms in total. The number of rotatable bonds is 1. The molecule has 0 aromatic heterocycles. The number of β-lactam (4-membered cyclic amide) rings is 1. The Morgan fingerprint density at radius 2 is 2.75 bits per heavy atom. The summed E-state index contributed by atoms with van der Waals surface area (Å²) < 4.78 is 4.64. The highest BCUT2D eigenvalue weighted by atomic mass is 32.2. The predicted octanol–water partition coefficient (Wildman–Crippen LogP) is 0.455. The zero-order valence-electron chi connectivity index (χ0n) is 5.69. The van der Waals surface area contributed by atoms with Crippen molar-refractivity contribution < 1.29 is 9.08 Å². The molecule has 2 aliphatic heterocycles. The van der Waals surface area contributed by atoms with Gasteiger partial charge in [-0.1, -0.05) is 10.3 Å². The highest BCUT2D eigenvalue weighted by Gasteiger charge is 2.49. The second-order valence-corrected chi connectivity index (χ2v) is 3.00. The van der Waals surface area contributed by atoms with Gasteiger partial charge in [0.1, 0.15) is 23.8 Å². The average molecular weight is 185 g/mol. The topological polar surface area (TPSA) is 90.7 Å². The van der Waals surface area contributed by atoms with Crippen LogP contribution in [0.25, 0.3) is 10.4 Å². The van der Waals surface area contributed by atoms with Crippen LogP contribution >= 0.6 is 12.0 Å². The first-order valence-corrected chi connectivity index (χ1v) is 3.87. The van der Waals surface area contributed by atoms with Crippen LogP contribution in [-0.2, 0) is 9.08 Å². The van der Waals surface area contributed by atoms with Crippen molar-refractivity contribution in [2.75, 3.05) is 0 Å². The Labute approximate surface area is 71.2 Å². The zero-order valence-corrected chi connectivity index (χ0v) is 6.51. The summed E-state index contributed by atoms with van der Waals surface area (Å²) in [5.74, 6) is -0.239. The SMILES string of the molecule is [N-]=[N+]=NC1C(=O)N2C=NOS[C@@H]12. The van der Waals surface area contributed by atoms with Crippen molar-refractivity contribution in [2.24, 2.45) is 10.3 Å². The van der Waals surface area contributed by atoms with E-state index in [1.807, 2.05) is 0 Å². The molecule has 2 aliphatic rings. The number of fused-ring (bicyclic) bond motifs is 1. The summed E-state index contributed by atoms with van der Waals surface area (Å²) in [6.45, 7) is 0. The lowest BCUT2D eigenvalue weighted by molar-refractivity contribution is -0.138. The van der Waals surface area contributed by atoms with Crippen molar-refractivity contribution in [3.63, 3.8) is 0 Å². The predicted molar refractivity (Wildman–Crippen MR) is 40.7 cm³/mol. The van der Waals surface area contributed by atoms with Crippen LogP contribution in [0.1, 0.15) is 0 Å². The van der Waals surface area contributed by atoms with Crippen LogP contribution in [0.5, 0.6) is 0 Å². The van der Waals surface area contributed by atoms with Crippen molar-refractivity contribution in [3.05, 3.63) is 10.4 Å². The molecule has 1 fully saturated rings. The molecule has 2 heterocycles. The van der Waals surface area contributed by atoms with Gasteiger partial charge in [-0.3, -0.25) is 9.69 Å². The van der Waals surface area contributed by atoms with Gasteiger partial charge in [0.15, 0.2) is 6.04 Å². The minimum absolute atomic E-state index is 0.239. The average Bonchev–Trinajstić information content (AvgIpc) is 2.13. The normalized spacial score (nSPS) is 31.3. The molecule has 62 valence electrons. The van der Waals surface area contributed by atoms with Crippen LogP contribution in [-0.4, -0.2) is 28.6 Å². The Kier molecular flexibility index (Phi) is 1.56. The van der Waals surface area contributed by atoms with E-state index in [4.69, 9.17) is 5.53 Å². The van der Waals surface area contributed by atoms with E-state index in [0.717, 1.165) is 12.0 Å². The Bertz CT molecular complexity index is 298. The number of nitrogens with zero attached hydrogens (tertiary/aromatic N) is 5. The molecular weight excluding hydrogens is 182 g/mol. The summed E-state index contributed by atoms with van der Waals surface area (Å²) in [6.07, 6.45) is 1.28. The first-order valence-electron chi connectivity index (χ1n) is 3.07. The molecule has 0 spiro atoms. The molecule has 2 rings (SSSR count). The van der Waals surface area contributed by atoms with E-state index >= 15 is 0 Å². The summed E-state index contributed by atoms with van der Waals surface area (Å²) in [4.78, 5) is 15.0. The van der Waals surface area contributed by atoms with Crippen molar-refractivity contribution in [1.29, 1.82) is 0 Å². The summed E-state index contributed by atoms with van der Waals surface area (Å²) in [5.41, 5.74) is 8.11. The third-order valence-corrected chi connectivity index (χ3v) is 2.44. The van der Waals surface area contributed by atoms with Crippen LogP contribution in [0.3, 0.4) is 0 Å². The molecule has 0 aliphatic carbocycles. The quantitative estimate of drug-likeness (QED) is 0.195. The number of carbonyl (C=O) groups is 1. The van der Waals surface area contributed by atoms with Crippen LogP contribution in [0.2, 0.25) is 0 Å². The standard InChI is InChI=1S/C4H3N5O2S/c5-8-7-2-3(10)9-1-6-11-12-4(2)9/h1-2,4H/t2?,4-/m0/s1. The summed E-state index contributed by atoms with van der Waals surface area (Å²) in [5, 5.41) is 6.49. The van der Waals surface area contributed by atoms with Crippen LogP contribution in [0.15, 0.2) is 10.3 Å². The van der Waals surface area contributed by atoms with Crippen molar-refractivity contribution in [3.8, 4) is 0 Å². The number of azide groups is 1. The monoisotopic (exact) mass is 185 g/mol. The van der Waals surface area contributed by atoms with E-state index in [2.05, 4.69) is 19.5 Å². The molecule has 1 unspecified atom stereocenters. The van der Waals surface area contributed by atoms with Gasteiger partial charge >= 0.3 is 0 Å². The third kappa shape index (κ3) is 0.821. The van der Waals surface area contributed by atoms with E-state index in [1.165, 1.54) is 11.2 Å². The van der Waals surface area contributed by atoms with E-state index < -0.39 is 6.04 Å². The fourth-order valence-corrected chi connectivity index (χ4v) is 1.70. The fourth-order valence-electron chi connectivity index (χ4n) is 0.993. The molecule has 1 amide bonds. The Morgan fingerprint density at radius 3 is 3.50 bits per heavy atom. The first kappa shape index (κ1) is 7.26. The van der Waals surface area contributed by atoms with Gasteiger partial charge in [-0.25, -0.2) is 0 Å². The highest BCUT2D eigenvalue weighted by molar-refractivity contribution is 7.95. The molecule has 1 saturated heterocycles. The van der Waals surface area contributed by atoms with Crippen LogP contribution in [0, 0.1) is 0 Å². The van der Waals surface area contributed by atoms with E-state index in [9.17, 15) is 4.79 Å². The van der Waals surface area contributed by atoms with Crippen LogP contribution in [0.4, 0.5) is 0 Å². The van der Waals surface area contributed by atoms with Crippen molar-refractivity contribution in [2.45, 2.75) is 11.4 Å². The van der Waals surface area contributed by atoms with Gasteiger partial charge in [-0.05, 0) is 5.53 Å². The number of oxime groups is 1. The molecule has 0 N–H and O–H groups in total. The van der Waals surface area contributed by atoms with Gasteiger partial charge in [0.05, 0.1) is 0 Å². The van der Waals surface area contributed by atoms with Gasteiger partial charge in [0.2, 0.25) is 5.91 Å². The maximum Gasteiger partial charge on any atom is 0.241 e. The van der Waals surface area contributed by atoms with E-state index in [0.29, 0.717) is 0 Å². The smallest absolute Gasteiger partial charge is 0.241 e. The second-order valence-electron chi connectivity index (χ2n) is 2.18. The van der Waals surface area contributed by atoms with Gasteiger partial charge < -0.3 is 4.28 Å². The highest BCUT2D eigenvalue weighted by Crippen LogP contribution is 2.34. The largest absolute Gasteiger partial charge is 0.319 e. The third-order valence-electron chi connectivity index (χ3n) is 1.58. The molecule has 0 radical (unpaired) electrons. The Morgan fingerprint density at radius 1 is 1.92 bits per heavy atom. The van der Waals surface area contributed by atoms with E-state index in [1.54, 1.807) is 0 Å². The number of hydrogen-bond acceptors (Lipinski definition) is 5. The van der Waals surface area contributed by atoms with Gasteiger partial charge in [-0.15, -0.1) is 0 Å². The zero-order chi connectivity index (χ0) is 8.55. The minimum atomic E-state index is -0.647. The summed E-state index contributed by atoms with van der Waals surface area (Å²) >= 11 is 1.01. The van der Waals surface area contributed by atoms with Gasteiger partial charge in [0.25, 0.3) is 0 Å². The van der Waals surface area contributed by atoms with Gasteiger partial charge in [-0.2, -0.15) is 0 Å². The summed E-state index contributed by atoms with van der Waals surface area (Å²) in [7, 11) is 0. The molecule has 0 saturated carbocycles. The molecular formula is C4H3N5O2S. The molecule has 0 aromatic carbocycles. The molecule has 12 heavy (non-hydrogen) atoms. The molecule has 8 heteroatoms. The lowest BCUT2D eigenvalue weighted by Crippen LogP contribution is -2.62. The summed E-state index contributed by atoms with van der Waals surface area (Å²) in [6, 6.07) is -0.647. The number of amides is 1. The molecule has 0 bridgehead atoms. The first-order chi connectivity index (χ1) is 5.84. The van der Waals surface area contributed by atoms with Crippen LogP contribution < -0.4 is 0 Å². The van der Waals surface area contributed by atoms with Crippen molar-refractivity contribution >= 4 is 24.3 Å². The fraction of sp³-hybridized carbons (Fsp3) is 0.500. The minimum Gasteiger partial charge on any atom is -0.319 e. The maximum absolute atomic E-state index is 11.1. The Balaban J connectivity index is 2.18. The lowest BCUT2D eigenvalue weighted by atomic mass is 10.1. The lowest BCUT2D eigenvalue weighted by Gasteiger charge is -2.41. The Hall–Kier alpha value is -1.40.